The van der Waals surface area contributed by atoms with Crippen LogP contribution in [0.3, 0.4) is 0 Å². The lowest BCUT2D eigenvalue weighted by Gasteiger charge is -2.54. The number of carbonyl (C=O) groups is 1. The number of aliphatic hydroxyl groups is 1. The SMILES string of the molecule is CCC[C@]12CC[C@H]3[C@@H](CCC4=CC(=O)CC[C@@H]43)[C@@H]1CC[C@@H]2O. The van der Waals surface area contributed by atoms with Crippen molar-refractivity contribution in [1.29, 1.82) is 0 Å². The predicted octanol–water partition coefficient (Wildman–Crippen LogP) is 4.27. The minimum absolute atomic E-state index is 0.0525. The van der Waals surface area contributed by atoms with Crippen molar-refractivity contribution >= 4 is 5.78 Å². The van der Waals surface area contributed by atoms with E-state index in [4.69, 9.17) is 0 Å². The van der Waals surface area contributed by atoms with Gasteiger partial charge in [-0.1, -0.05) is 18.9 Å². The first kappa shape index (κ1) is 14.9. The van der Waals surface area contributed by atoms with Gasteiger partial charge in [0.2, 0.25) is 0 Å². The molecule has 6 atom stereocenters. The van der Waals surface area contributed by atoms with Crippen LogP contribution in [0.4, 0.5) is 0 Å². The second-order valence-corrected chi connectivity index (χ2v) is 8.42. The van der Waals surface area contributed by atoms with Crippen molar-refractivity contribution in [2.45, 2.75) is 77.2 Å². The molecule has 0 bridgehead atoms. The number of rotatable bonds is 2. The average molecular weight is 302 g/mol. The zero-order chi connectivity index (χ0) is 15.3. The smallest absolute Gasteiger partial charge is 0.155 e. The van der Waals surface area contributed by atoms with Crippen LogP contribution in [0.2, 0.25) is 0 Å². The Bertz CT molecular complexity index is 494. The van der Waals surface area contributed by atoms with Crippen molar-refractivity contribution in [2.24, 2.45) is 29.1 Å². The summed E-state index contributed by atoms with van der Waals surface area (Å²) in [6.45, 7) is 2.28. The Labute approximate surface area is 134 Å². The summed E-state index contributed by atoms with van der Waals surface area (Å²) in [6.07, 6.45) is 13.4. The van der Waals surface area contributed by atoms with E-state index in [0.29, 0.717) is 11.7 Å². The van der Waals surface area contributed by atoms with Crippen LogP contribution in [0.25, 0.3) is 0 Å². The Morgan fingerprint density at radius 2 is 2.00 bits per heavy atom. The number of hydrogen-bond acceptors (Lipinski definition) is 2. The number of carbonyl (C=O) groups excluding carboxylic acids is 1. The van der Waals surface area contributed by atoms with Gasteiger partial charge in [0.05, 0.1) is 6.10 Å². The Kier molecular flexibility index (Phi) is 3.71. The zero-order valence-corrected chi connectivity index (χ0v) is 13.9. The maximum absolute atomic E-state index is 11.7. The molecule has 0 saturated heterocycles. The van der Waals surface area contributed by atoms with Gasteiger partial charge in [-0.2, -0.15) is 0 Å². The van der Waals surface area contributed by atoms with Gasteiger partial charge in [0.15, 0.2) is 5.78 Å². The van der Waals surface area contributed by atoms with Crippen LogP contribution >= 0.6 is 0 Å². The van der Waals surface area contributed by atoms with E-state index in [0.717, 1.165) is 43.4 Å². The third kappa shape index (κ3) is 2.06. The van der Waals surface area contributed by atoms with Crippen molar-refractivity contribution in [2.75, 3.05) is 0 Å². The van der Waals surface area contributed by atoms with Crippen molar-refractivity contribution in [3.05, 3.63) is 11.6 Å². The molecule has 122 valence electrons. The molecule has 0 aromatic heterocycles. The second kappa shape index (κ2) is 5.47. The van der Waals surface area contributed by atoms with Crippen molar-refractivity contribution in [1.82, 2.24) is 0 Å². The quantitative estimate of drug-likeness (QED) is 0.827. The molecule has 3 fully saturated rings. The first-order chi connectivity index (χ1) is 10.7. The molecule has 0 unspecified atom stereocenters. The Morgan fingerprint density at radius 1 is 1.14 bits per heavy atom. The highest BCUT2D eigenvalue weighted by Crippen LogP contribution is 2.63. The van der Waals surface area contributed by atoms with Gasteiger partial charge in [-0.25, -0.2) is 0 Å². The summed E-state index contributed by atoms with van der Waals surface area (Å²) in [4.78, 5) is 11.7. The minimum Gasteiger partial charge on any atom is -0.393 e. The maximum atomic E-state index is 11.7. The van der Waals surface area contributed by atoms with Gasteiger partial charge < -0.3 is 5.11 Å². The zero-order valence-electron chi connectivity index (χ0n) is 13.9. The maximum Gasteiger partial charge on any atom is 0.155 e. The van der Waals surface area contributed by atoms with Crippen LogP contribution in [0, 0.1) is 29.1 Å². The molecular formula is C20H30O2. The highest BCUT2D eigenvalue weighted by atomic mass is 16.3. The number of ketones is 1. The van der Waals surface area contributed by atoms with E-state index >= 15 is 0 Å². The van der Waals surface area contributed by atoms with Gasteiger partial charge >= 0.3 is 0 Å². The lowest BCUT2D eigenvalue weighted by molar-refractivity contribution is -0.116. The second-order valence-electron chi connectivity index (χ2n) is 8.42. The van der Waals surface area contributed by atoms with E-state index < -0.39 is 0 Å². The normalized spacial score (nSPS) is 47.5. The molecule has 1 N–H and O–H groups in total. The fourth-order valence-corrected chi connectivity index (χ4v) is 6.91. The van der Waals surface area contributed by atoms with E-state index in [9.17, 15) is 9.90 Å². The summed E-state index contributed by atoms with van der Waals surface area (Å²) in [5.41, 5.74) is 1.71. The fourth-order valence-electron chi connectivity index (χ4n) is 6.91. The molecule has 0 heterocycles. The van der Waals surface area contributed by atoms with Gasteiger partial charge in [-0.3, -0.25) is 4.79 Å². The molecule has 3 saturated carbocycles. The Hall–Kier alpha value is -0.630. The van der Waals surface area contributed by atoms with Crippen LogP contribution in [0.1, 0.15) is 71.1 Å². The molecule has 22 heavy (non-hydrogen) atoms. The van der Waals surface area contributed by atoms with Crippen LogP contribution in [-0.4, -0.2) is 17.0 Å². The summed E-state index contributed by atoms with van der Waals surface area (Å²) < 4.78 is 0. The molecule has 4 rings (SSSR count). The van der Waals surface area contributed by atoms with Crippen molar-refractivity contribution in [3.63, 3.8) is 0 Å². The molecule has 2 heteroatoms. The molecular weight excluding hydrogens is 272 g/mol. The minimum atomic E-state index is -0.0525. The molecule has 0 aromatic rings. The van der Waals surface area contributed by atoms with E-state index in [-0.39, 0.29) is 11.5 Å². The fraction of sp³-hybridized carbons (Fsp3) is 0.850. The Morgan fingerprint density at radius 3 is 2.82 bits per heavy atom. The molecule has 0 aliphatic heterocycles. The van der Waals surface area contributed by atoms with E-state index in [1.54, 1.807) is 0 Å². The van der Waals surface area contributed by atoms with Crippen molar-refractivity contribution < 1.29 is 9.90 Å². The monoisotopic (exact) mass is 302 g/mol. The van der Waals surface area contributed by atoms with Crippen LogP contribution in [0.15, 0.2) is 11.6 Å². The summed E-state index contributed by atoms with van der Waals surface area (Å²) >= 11 is 0. The van der Waals surface area contributed by atoms with Gasteiger partial charge in [0.25, 0.3) is 0 Å². The van der Waals surface area contributed by atoms with E-state index in [1.807, 2.05) is 6.08 Å². The van der Waals surface area contributed by atoms with Crippen LogP contribution < -0.4 is 0 Å². The van der Waals surface area contributed by atoms with E-state index in [1.165, 1.54) is 44.1 Å². The third-order valence-corrected chi connectivity index (χ3v) is 7.69. The van der Waals surface area contributed by atoms with Gasteiger partial charge in [0, 0.05) is 6.42 Å². The first-order valence-electron chi connectivity index (χ1n) is 9.57. The molecule has 0 aromatic carbocycles. The summed E-state index contributed by atoms with van der Waals surface area (Å²) in [5.74, 6) is 3.41. The summed E-state index contributed by atoms with van der Waals surface area (Å²) in [6, 6.07) is 0. The average Bonchev–Trinajstić information content (AvgIpc) is 2.84. The van der Waals surface area contributed by atoms with E-state index in [2.05, 4.69) is 6.92 Å². The first-order valence-corrected chi connectivity index (χ1v) is 9.57. The molecule has 2 nitrogen and oxygen atoms in total. The number of allylic oxidation sites excluding steroid dienone is 1. The molecule has 0 spiro atoms. The predicted molar refractivity (Wildman–Crippen MR) is 87.3 cm³/mol. The van der Waals surface area contributed by atoms with Gasteiger partial charge in [0.1, 0.15) is 0 Å². The van der Waals surface area contributed by atoms with Gasteiger partial charge in [-0.15, -0.1) is 0 Å². The standard InChI is InChI=1S/C20H30O2/c1-2-10-20-11-9-16-15-6-4-14(21)12-13(15)3-5-17(16)18(20)7-8-19(20)22/h12,15-19,22H,2-11H2,1H3/t15-,16+,17+,18-,19-,20-/m0/s1. The molecule has 4 aliphatic rings. The highest BCUT2D eigenvalue weighted by molar-refractivity contribution is 5.91. The lowest BCUT2D eigenvalue weighted by Crippen LogP contribution is -2.49. The molecule has 4 aliphatic carbocycles. The van der Waals surface area contributed by atoms with Crippen LogP contribution in [0.5, 0.6) is 0 Å². The Balaban J connectivity index is 1.62. The molecule has 0 amide bonds. The summed E-state index contributed by atoms with van der Waals surface area (Å²) in [7, 11) is 0. The van der Waals surface area contributed by atoms with Crippen LogP contribution in [-0.2, 0) is 4.79 Å². The number of aliphatic hydroxyl groups excluding tert-OH is 1. The summed E-state index contributed by atoms with van der Waals surface area (Å²) in [5, 5.41) is 10.7. The highest BCUT2D eigenvalue weighted by Gasteiger charge is 2.57. The largest absolute Gasteiger partial charge is 0.393 e. The number of hydrogen-bond donors (Lipinski definition) is 1. The third-order valence-electron chi connectivity index (χ3n) is 7.69. The number of fused-ring (bicyclic) bond motifs is 5. The molecule has 0 radical (unpaired) electrons. The van der Waals surface area contributed by atoms with Gasteiger partial charge in [-0.05, 0) is 86.5 Å². The topological polar surface area (TPSA) is 37.3 Å². The lowest BCUT2D eigenvalue weighted by atomic mass is 9.51. The van der Waals surface area contributed by atoms with Crippen molar-refractivity contribution in [3.8, 4) is 0 Å².